The van der Waals surface area contributed by atoms with Crippen molar-refractivity contribution in [2.45, 2.75) is 42.4 Å². The Morgan fingerprint density at radius 2 is 1.60 bits per heavy atom. The van der Waals surface area contributed by atoms with Gasteiger partial charge in [-0.25, -0.2) is 0 Å². The van der Waals surface area contributed by atoms with Gasteiger partial charge < -0.3 is 0 Å². The smallest absolute Gasteiger partial charge is 0.282 e. The minimum absolute atomic E-state index is 0.0118. The van der Waals surface area contributed by atoms with Crippen LogP contribution in [0.5, 0.6) is 0 Å². The molecule has 0 aliphatic carbocycles. The van der Waals surface area contributed by atoms with Gasteiger partial charge in [-0.05, 0) is 18.6 Å². The van der Waals surface area contributed by atoms with E-state index in [1.807, 2.05) is 6.92 Å². The molecule has 0 spiro atoms. The van der Waals surface area contributed by atoms with Crippen LogP contribution in [0.15, 0.2) is 34.1 Å². The van der Waals surface area contributed by atoms with Crippen LogP contribution >= 0.6 is 0 Å². The highest BCUT2D eigenvalue weighted by molar-refractivity contribution is 7.89. The molecule has 0 atom stereocenters. The van der Waals surface area contributed by atoms with Gasteiger partial charge in [0.1, 0.15) is 9.79 Å². The summed E-state index contributed by atoms with van der Waals surface area (Å²) in [4.78, 5) is -1.22. The van der Waals surface area contributed by atoms with Gasteiger partial charge in [-0.3, -0.25) is 8.74 Å². The van der Waals surface area contributed by atoms with Gasteiger partial charge in [-0.1, -0.05) is 38.3 Å². The Labute approximate surface area is 119 Å². The van der Waals surface area contributed by atoms with Gasteiger partial charge in [0.15, 0.2) is 0 Å². The number of rotatable bonds is 8. The number of hydrogen-bond acceptors (Lipinski definition) is 5. The fourth-order valence-corrected chi connectivity index (χ4v) is 3.85. The predicted molar refractivity (Wildman–Crippen MR) is 73.5 cm³/mol. The van der Waals surface area contributed by atoms with E-state index in [9.17, 15) is 16.8 Å². The molecule has 0 saturated carbocycles. The number of hydrogen-bond donors (Lipinski definition) is 1. The Bertz CT molecular complexity index is 634. The molecular formula is C12H18O6S2. The molecule has 0 radical (unpaired) electrons. The van der Waals surface area contributed by atoms with E-state index < -0.39 is 30.0 Å². The lowest BCUT2D eigenvalue weighted by Gasteiger charge is -2.08. The van der Waals surface area contributed by atoms with Crippen LogP contribution in [-0.4, -0.2) is 28.0 Å². The minimum atomic E-state index is -4.61. The fourth-order valence-electron chi connectivity index (χ4n) is 1.63. The first-order chi connectivity index (χ1) is 9.29. The molecular weight excluding hydrogens is 304 g/mol. The molecule has 0 aliphatic rings. The molecule has 1 aromatic carbocycles. The maximum atomic E-state index is 11.9. The molecule has 20 heavy (non-hydrogen) atoms. The average Bonchev–Trinajstić information content (AvgIpc) is 2.37. The molecule has 1 rings (SSSR count). The van der Waals surface area contributed by atoms with Crippen molar-refractivity contribution in [3.63, 3.8) is 0 Å². The van der Waals surface area contributed by atoms with Crippen molar-refractivity contribution in [3.05, 3.63) is 24.3 Å². The van der Waals surface area contributed by atoms with Crippen LogP contribution in [0.2, 0.25) is 0 Å². The average molecular weight is 322 g/mol. The number of benzene rings is 1. The third-order valence-electron chi connectivity index (χ3n) is 2.63. The van der Waals surface area contributed by atoms with E-state index in [0.29, 0.717) is 6.42 Å². The van der Waals surface area contributed by atoms with Gasteiger partial charge in [0, 0.05) is 0 Å². The minimum Gasteiger partial charge on any atom is -0.282 e. The molecule has 0 amide bonds. The topological polar surface area (TPSA) is 97.7 Å². The largest absolute Gasteiger partial charge is 0.298 e. The highest BCUT2D eigenvalue weighted by Gasteiger charge is 2.25. The van der Waals surface area contributed by atoms with E-state index in [4.69, 9.17) is 8.74 Å². The van der Waals surface area contributed by atoms with Crippen molar-refractivity contribution in [3.8, 4) is 0 Å². The van der Waals surface area contributed by atoms with Crippen LogP contribution in [0, 0.1) is 0 Å². The second kappa shape index (κ2) is 7.16. The zero-order valence-electron chi connectivity index (χ0n) is 11.1. The summed E-state index contributed by atoms with van der Waals surface area (Å²) in [5.74, 6) is 0. The van der Waals surface area contributed by atoms with Crippen molar-refractivity contribution in [2.75, 3.05) is 6.61 Å². The summed E-state index contributed by atoms with van der Waals surface area (Å²) in [7, 11) is -8.82. The van der Waals surface area contributed by atoms with Crippen molar-refractivity contribution in [1.82, 2.24) is 0 Å². The van der Waals surface area contributed by atoms with Gasteiger partial charge in [-0.15, -0.1) is 0 Å². The molecule has 114 valence electrons. The molecule has 0 heterocycles. The van der Waals surface area contributed by atoms with Crippen LogP contribution in [0.25, 0.3) is 0 Å². The van der Waals surface area contributed by atoms with Crippen LogP contribution in [0.4, 0.5) is 0 Å². The van der Waals surface area contributed by atoms with E-state index in [1.165, 1.54) is 12.1 Å². The summed E-state index contributed by atoms with van der Waals surface area (Å²) in [6.45, 7) is 2.02. The summed E-state index contributed by atoms with van der Waals surface area (Å²) in [5.41, 5.74) is 0. The summed E-state index contributed by atoms with van der Waals surface area (Å²) in [6, 6.07) is 4.79. The van der Waals surface area contributed by atoms with E-state index in [-0.39, 0.29) is 6.61 Å². The molecule has 0 saturated heterocycles. The predicted octanol–water partition coefficient (Wildman–Crippen LogP) is 2.22. The van der Waals surface area contributed by atoms with E-state index >= 15 is 0 Å². The molecule has 1 N–H and O–H groups in total. The van der Waals surface area contributed by atoms with Crippen molar-refractivity contribution >= 4 is 20.2 Å². The van der Waals surface area contributed by atoms with Crippen LogP contribution in [0.1, 0.15) is 32.6 Å². The first-order valence-corrected chi connectivity index (χ1v) is 9.10. The van der Waals surface area contributed by atoms with Gasteiger partial charge in [0.05, 0.1) is 6.61 Å². The van der Waals surface area contributed by atoms with Crippen LogP contribution in [0.3, 0.4) is 0 Å². The Morgan fingerprint density at radius 1 is 1.00 bits per heavy atom. The third kappa shape index (κ3) is 4.86. The van der Waals surface area contributed by atoms with Gasteiger partial charge in [-0.2, -0.15) is 16.8 Å². The lowest BCUT2D eigenvalue weighted by molar-refractivity contribution is 0.305. The molecule has 1 aromatic rings. The van der Waals surface area contributed by atoms with Crippen molar-refractivity contribution < 1.29 is 25.6 Å². The second-order valence-electron chi connectivity index (χ2n) is 4.26. The normalized spacial score (nSPS) is 12.5. The standard InChI is InChI=1S/C12H18O6S2/c1-2-3-4-7-10-18-20(16,17)12-9-6-5-8-11(12)19(13,14)15/h5-6,8-9H,2-4,7,10H2,1H3,(H,13,14,15). The first-order valence-electron chi connectivity index (χ1n) is 6.25. The summed E-state index contributed by atoms with van der Waals surface area (Å²) < 4.78 is 60.0. The highest BCUT2D eigenvalue weighted by Crippen LogP contribution is 2.22. The molecule has 6 nitrogen and oxygen atoms in total. The summed E-state index contributed by atoms with van der Waals surface area (Å²) in [6.07, 6.45) is 3.40. The molecule has 0 unspecified atom stereocenters. The van der Waals surface area contributed by atoms with Crippen molar-refractivity contribution in [1.29, 1.82) is 0 Å². The Kier molecular flexibility index (Phi) is 6.12. The van der Waals surface area contributed by atoms with Gasteiger partial charge in [0.2, 0.25) is 0 Å². The molecule has 0 bridgehead atoms. The SMILES string of the molecule is CCCCCCOS(=O)(=O)c1ccccc1S(=O)(=O)O. The number of unbranched alkanes of at least 4 members (excludes halogenated alkanes) is 3. The summed E-state index contributed by atoms with van der Waals surface area (Å²) in [5, 5.41) is 0. The maximum Gasteiger partial charge on any atom is 0.298 e. The monoisotopic (exact) mass is 322 g/mol. The van der Waals surface area contributed by atoms with E-state index in [2.05, 4.69) is 0 Å². The van der Waals surface area contributed by atoms with Crippen LogP contribution < -0.4 is 0 Å². The zero-order chi connectivity index (χ0) is 15.2. The lowest BCUT2D eigenvalue weighted by atomic mass is 10.2. The maximum absolute atomic E-state index is 11.9. The Hall–Kier alpha value is -0.960. The van der Waals surface area contributed by atoms with E-state index in [1.54, 1.807) is 0 Å². The Balaban J connectivity index is 2.89. The highest BCUT2D eigenvalue weighted by atomic mass is 32.2. The molecule has 0 fully saturated rings. The summed E-state index contributed by atoms with van der Waals surface area (Å²) >= 11 is 0. The zero-order valence-corrected chi connectivity index (χ0v) is 12.8. The molecule has 8 heteroatoms. The Morgan fingerprint density at radius 3 is 2.15 bits per heavy atom. The lowest BCUT2D eigenvalue weighted by Crippen LogP contribution is -2.12. The molecule has 0 aromatic heterocycles. The molecule has 0 aliphatic heterocycles. The third-order valence-corrected chi connectivity index (χ3v) is 5.05. The first kappa shape index (κ1) is 17.1. The van der Waals surface area contributed by atoms with Gasteiger partial charge >= 0.3 is 0 Å². The second-order valence-corrected chi connectivity index (χ2v) is 7.23. The fraction of sp³-hybridized carbons (Fsp3) is 0.500. The van der Waals surface area contributed by atoms with E-state index in [0.717, 1.165) is 31.4 Å². The van der Waals surface area contributed by atoms with Gasteiger partial charge in [0.25, 0.3) is 20.2 Å². The van der Waals surface area contributed by atoms with Crippen LogP contribution in [-0.2, 0) is 24.4 Å². The quantitative estimate of drug-likeness (QED) is 0.448. The van der Waals surface area contributed by atoms with Crippen molar-refractivity contribution in [2.24, 2.45) is 0 Å².